The highest BCUT2D eigenvalue weighted by atomic mass is 16.5. The van der Waals surface area contributed by atoms with Gasteiger partial charge in [0.25, 0.3) is 0 Å². The van der Waals surface area contributed by atoms with E-state index in [1.807, 2.05) is 6.92 Å². The van der Waals surface area contributed by atoms with Gasteiger partial charge in [0, 0.05) is 29.2 Å². The molecule has 5 heteroatoms. The molecule has 0 amide bonds. The van der Waals surface area contributed by atoms with Crippen LogP contribution in [0.5, 0.6) is 11.5 Å². The van der Waals surface area contributed by atoms with Gasteiger partial charge >= 0.3 is 0 Å². The maximum Gasteiger partial charge on any atom is 0.169 e. The van der Waals surface area contributed by atoms with E-state index >= 15 is 0 Å². The average molecular weight is 275 g/mol. The van der Waals surface area contributed by atoms with E-state index in [9.17, 15) is 15.0 Å². The molecule has 3 atom stereocenters. The average Bonchev–Trinajstić information content (AvgIpc) is 2.67. The maximum absolute atomic E-state index is 12.7. The molecule has 0 bridgehead atoms. The Balaban J connectivity index is 2.14. The number of phenolic OH excluding ortho intramolecular Hbond substituents is 1. The number of hydrogen-bond acceptors (Lipinski definition) is 5. The van der Waals surface area contributed by atoms with Gasteiger partial charge in [-0.15, -0.1) is 0 Å². The van der Waals surface area contributed by atoms with Crippen LogP contribution in [0.3, 0.4) is 0 Å². The third-order valence-corrected chi connectivity index (χ3v) is 4.36. The first-order chi connectivity index (χ1) is 9.44. The molecule has 2 aliphatic rings. The Morgan fingerprint density at radius 1 is 1.45 bits per heavy atom. The van der Waals surface area contributed by atoms with Crippen molar-refractivity contribution in [2.24, 2.45) is 16.3 Å². The Labute approximate surface area is 116 Å². The van der Waals surface area contributed by atoms with E-state index in [4.69, 9.17) is 4.74 Å². The number of ether oxygens (including phenoxy) is 1. The second kappa shape index (κ2) is 4.31. The summed E-state index contributed by atoms with van der Waals surface area (Å²) in [6.07, 6.45) is 2.25. The first-order valence-electron chi connectivity index (χ1n) is 6.63. The highest BCUT2D eigenvalue weighted by molar-refractivity contribution is 6.06. The number of carbonyl (C=O) groups excluding carboxylic acids is 1. The van der Waals surface area contributed by atoms with E-state index in [2.05, 4.69) is 4.99 Å². The maximum atomic E-state index is 12.7. The van der Waals surface area contributed by atoms with E-state index in [-0.39, 0.29) is 23.2 Å². The van der Waals surface area contributed by atoms with Crippen LogP contribution in [0.1, 0.15) is 30.1 Å². The minimum atomic E-state index is -0.471. The van der Waals surface area contributed by atoms with Crippen molar-refractivity contribution in [3.8, 4) is 11.5 Å². The molecular weight excluding hydrogens is 258 g/mol. The first kappa shape index (κ1) is 13.1. The minimum absolute atomic E-state index is 0.0338. The number of aliphatic hydroxyl groups excluding tert-OH is 1. The Hall–Kier alpha value is -1.88. The van der Waals surface area contributed by atoms with Gasteiger partial charge < -0.3 is 14.9 Å². The molecule has 1 aromatic rings. The number of benzene rings is 1. The van der Waals surface area contributed by atoms with Crippen molar-refractivity contribution >= 4 is 17.7 Å². The number of Topliss-reactive ketones (excluding diaryl/α,β-unsaturated/α-hetero) is 1. The van der Waals surface area contributed by atoms with Crippen molar-refractivity contribution in [3.63, 3.8) is 0 Å². The van der Waals surface area contributed by atoms with Crippen molar-refractivity contribution in [2.45, 2.75) is 25.9 Å². The molecule has 1 aromatic carbocycles. The monoisotopic (exact) mass is 275 g/mol. The zero-order valence-corrected chi connectivity index (χ0v) is 11.5. The van der Waals surface area contributed by atoms with E-state index < -0.39 is 11.5 Å². The summed E-state index contributed by atoms with van der Waals surface area (Å²) in [7, 11) is 1.44. The molecule has 0 saturated heterocycles. The van der Waals surface area contributed by atoms with Crippen molar-refractivity contribution in [1.82, 2.24) is 0 Å². The van der Waals surface area contributed by atoms with Gasteiger partial charge in [0.05, 0.1) is 18.9 Å². The SMILES string of the molecule is COc1cc2c(cc1O)N=C[C@]1(C)C[C@H](O)CC1C2=O. The number of carbonyl (C=O) groups is 1. The van der Waals surface area contributed by atoms with Gasteiger partial charge in [0.15, 0.2) is 17.3 Å². The third-order valence-electron chi connectivity index (χ3n) is 4.36. The normalized spacial score (nSPS) is 31.6. The second-order valence-electron chi connectivity index (χ2n) is 5.82. The number of fused-ring (bicyclic) bond motifs is 2. The van der Waals surface area contributed by atoms with Crippen LogP contribution >= 0.6 is 0 Å². The zero-order chi connectivity index (χ0) is 14.5. The molecule has 1 unspecified atom stereocenters. The topological polar surface area (TPSA) is 79.1 Å². The quantitative estimate of drug-likeness (QED) is 0.822. The summed E-state index contributed by atoms with van der Waals surface area (Å²) in [5.74, 6) is -0.102. The van der Waals surface area contributed by atoms with Crippen LogP contribution in [-0.2, 0) is 0 Å². The van der Waals surface area contributed by atoms with Gasteiger partial charge in [-0.1, -0.05) is 6.92 Å². The van der Waals surface area contributed by atoms with Crippen LogP contribution in [0.25, 0.3) is 0 Å². The fraction of sp³-hybridized carbons (Fsp3) is 0.467. The molecule has 20 heavy (non-hydrogen) atoms. The number of nitrogens with zero attached hydrogens (tertiary/aromatic N) is 1. The largest absolute Gasteiger partial charge is 0.504 e. The van der Waals surface area contributed by atoms with Crippen LogP contribution < -0.4 is 4.74 Å². The molecule has 1 heterocycles. The van der Waals surface area contributed by atoms with Crippen LogP contribution in [0.4, 0.5) is 5.69 Å². The lowest BCUT2D eigenvalue weighted by Crippen LogP contribution is -2.28. The molecule has 5 nitrogen and oxygen atoms in total. The van der Waals surface area contributed by atoms with Gasteiger partial charge in [-0.2, -0.15) is 0 Å². The van der Waals surface area contributed by atoms with Gasteiger partial charge in [-0.05, 0) is 18.9 Å². The van der Waals surface area contributed by atoms with Crippen LogP contribution in [0.15, 0.2) is 17.1 Å². The van der Waals surface area contributed by atoms with E-state index in [1.165, 1.54) is 19.2 Å². The van der Waals surface area contributed by atoms with Gasteiger partial charge in [0.1, 0.15) is 0 Å². The lowest BCUT2D eigenvalue weighted by atomic mass is 9.77. The van der Waals surface area contributed by atoms with Crippen LogP contribution in [0.2, 0.25) is 0 Å². The third kappa shape index (κ3) is 1.81. The Kier molecular flexibility index (Phi) is 2.83. The molecular formula is C15H17NO4. The van der Waals surface area contributed by atoms with E-state index in [1.54, 1.807) is 6.21 Å². The molecule has 1 aliphatic carbocycles. The van der Waals surface area contributed by atoms with Gasteiger partial charge in [-0.3, -0.25) is 9.79 Å². The summed E-state index contributed by atoms with van der Waals surface area (Å²) in [6, 6.07) is 2.98. The molecule has 106 valence electrons. The molecule has 3 rings (SSSR count). The molecule has 1 aliphatic heterocycles. The highest BCUT2D eigenvalue weighted by Gasteiger charge is 2.48. The number of ketones is 1. The smallest absolute Gasteiger partial charge is 0.169 e. The molecule has 1 saturated carbocycles. The van der Waals surface area contributed by atoms with Crippen LogP contribution in [0, 0.1) is 11.3 Å². The number of aliphatic hydroxyl groups is 1. The highest BCUT2D eigenvalue weighted by Crippen LogP contribution is 2.48. The fourth-order valence-corrected chi connectivity index (χ4v) is 3.25. The Morgan fingerprint density at radius 2 is 2.20 bits per heavy atom. The van der Waals surface area contributed by atoms with Crippen molar-refractivity contribution in [1.29, 1.82) is 0 Å². The zero-order valence-electron chi connectivity index (χ0n) is 11.5. The molecule has 2 N–H and O–H groups in total. The number of methoxy groups -OCH3 is 1. The van der Waals surface area contributed by atoms with Gasteiger partial charge in [-0.25, -0.2) is 0 Å². The lowest BCUT2D eigenvalue weighted by molar-refractivity contribution is 0.0871. The van der Waals surface area contributed by atoms with E-state index in [0.29, 0.717) is 24.1 Å². The number of hydrogen-bond donors (Lipinski definition) is 2. The number of phenols is 1. The Bertz CT molecular complexity index is 610. The number of rotatable bonds is 1. The van der Waals surface area contributed by atoms with Crippen molar-refractivity contribution in [3.05, 3.63) is 17.7 Å². The molecule has 0 aromatic heterocycles. The fourth-order valence-electron chi connectivity index (χ4n) is 3.25. The van der Waals surface area contributed by atoms with Crippen molar-refractivity contribution in [2.75, 3.05) is 7.11 Å². The number of aliphatic imine (C=N–C) groups is 1. The second-order valence-corrected chi connectivity index (χ2v) is 5.82. The standard InChI is InChI=1S/C15H17NO4/c1-15-6-8(17)3-10(15)14(19)9-4-13(20-2)12(18)5-11(9)16-7-15/h4-5,7-8,10,17-18H,3,6H2,1-2H3/t8-,10?,15+/m1/s1. The lowest BCUT2D eigenvalue weighted by Gasteiger charge is -2.24. The Morgan fingerprint density at radius 3 is 2.90 bits per heavy atom. The summed E-state index contributed by atoms with van der Waals surface area (Å²) in [5, 5.41) is 19.7. The summed E-state index contributed by atoms with van der Waals surface area (Å²) >= 11 is 0. The predicted octanol–water partition coefficient (Wildman–Crippen LogP) is 2.08. The molecule has 0 radical (unpaired) electrons. The summed E-state index contributed by atoms with van der Waals surface area (Å²) in [4.78, 5) is 17.1. The van der Waals surface area contributed by atoms with Crippen LogP contribution in [-0.4, -0.2) is 35.4 Å². The van der Waals surface area contributed by atoms with E-state index in [0.717, 1.165) is 0 Å². The van der Waals surface area contributed by atoms with Crippen molar-refractivity contribution < 1.29 is 19.7 Å². The molecule has 0 spiro atoms. The first-order valence-corrected chi connectivity index (χ1v) is 6.63. The summed E-state index contributed by atoms with van der Waals surface area (Å²) < 4.78 is 5.05. The minimum Gasteiger partial charge on any atom is -0.504 e. The van der Waals surface area contributed by atoms with Gasteiger partial charge in [0.2, 0.25) is 0 Å². The predicted molar refractivity (Wildman–Crippen MR) is 74.0 cm³/mol. The number of aromatic hydroxyl groups is 1. The molecule has 1 fully saturated rings. The summed E-state index contributed by atoms with van der Waals surface area (Å²) in [6.45, 7) is 1.94. The summed E-state index contributed by atoms with van der Waals surface area (Å²) in [5.41, 5.74) is 0.468.